The molecule has 276 valence electrons. The van der Waals surface area contributed by atoms with E-state index in [1.54, 1.807) is 17.9 Å². The number of aromatic hydroxyl groups is 1. The van der Waals surface area contributed by atoms with Gasteiger partial charge in [-0.2, -0.15) is 4.98 Å². The largest absolute Gasteiger partial charge is 0.501 e. The number of ether oxygens (including phenoxy) is 2. The van der Waals surface area contributed by atoms with Crippen molar-refractivity contribution < 1.29 is 47.1 Å². The quantitative estimate of drug-likeness (QED) is 0.130. The van der Waals surface area contributed by atoms with Crippen molar-refractivity contribution in [3.8, 4) is 17.4 Å². The number of hydrogen-bond donors (Lipinski definition) is 2. The van der Waals surface area contributed by atoms with Gasteiger partial charge in [0.05, 0.1) is 36.6 Å². The average molecular weight is 736 g/mol. The predicted octanol–water partition coefficient (Wildman–Crippen LogP) is 4.13. The number of halogens is 2. The topological polar surface area (TPSA) is 229 Å². The van der Waals surface area contributed by atoms with Gasteiger partial charge in [-0.05, 0) is 48.9 Å². The molecule has 1 saturated heterocycles. The minimum atomic E-state index is -0.875. The van der Waals surface area contributed by atoms with Crippen LogP contribution in [0.3, 0.4) is 0 Å². The van der Waals surface area contributed by atoms with Crippen LogP contribution >= 0.6 is 0 Å². The number of nitrogens with zero attached hydrogens (tertiary/aromatic N) is 8. The number of nitrogens with one attached hydrogen (secondary N) is 1. The van der Waals surface area contributed by atoms with Crippen molar-refractivity contribution >= 4 is 40.6 Å². The molecule has 1 aromatic carbocycles. The maximum absolute atomic E-state index is 13.8. The van der Waals surface area contributed by atoms with Gasteiger partial charge in [0, 0.05) is 38.0 Å². The van der Waals surface area contributed by atoms with Gasteiger partial charge in [-0.1, -0.05) is 0 Å². The zero-order valence-corrected chi connectivity index (χ0v) is 28.5. The molecule has 5 aromatic rings. The summed E-state index contributed by atoms with van der Waals surface area (Å²) in [6.07, 6.45) is 6.23. The van der Waals surface area contributed by atoms with E-state index in [0.29, 0.717) is 42.5 Å². The lowest BCUT2D eigenvalue weighted by molar-refractivity contribution is -0.390. The van der Waals surface area contributed by atoms with Crippen molar-refractivity contribution in [1.82, 2.24) is 34.7 Å². The molecule has 1 fully saturated rings. The standard InChI is InChI=1S/C26H25F2N7O4.C7H6N2O5/c1-15(24(36)33-21-11-30-22(12-29-21)39-19-5-4-17(27)9-18(19)28)34-6-7-35(26(2,3)13-34)25(37)16-8-20-23(31-10-16)32-14-38-20;1-14-7(11)4-2-5(10)6(8-3-4)9(12)13/h4-5,8-12,14-15H,6-7,13H2,1-3H3,(H,29,33,36);2-3,10H,1H3. The molecule has 0 saturated carbocycles. The minimum absolute atomic E-state index is 0.0215. The summed E-state index contributed by atoms with van der Waals surface area (Å²) in [6.45, 7) is 6.99. The van der Waals surface area contributed by atoms with Gasteiger partial charge < -0.3 is 39.3 Å². The van der Waals surface area contributed by atoms with Crippen LogP contribution in [0.1, 0.15) is 41.5 Å². The maximum atomic E-state index is 13.8. The van der Waals surface area contributed by atoms with E-state index in [9.17, 15) is 33.3 Å². The first-order valence-electron chi connectivity index (χ1n) is 15.6. The highest BCUT2D eigenvalue weighted by atomic mass is 19.1. The number of nitro groups is 1. The molecular weight excluding hydrogens is 704 g/mol. The SMILES string of the molecule is CC(C(=O)Nc1cnc(Oc2ccc(F)cc2F)cn1)N1CCN(C(=O)c2cnc3ncoc3c2)C(C)(C)C1.COC(=O)c1cnc([N+](=O)[O-])c(O)c1. The molecule has 0 radical (unpaired) electrons. The van der Waals surface area contributed by atoms with E-state index >= 15 is 0 Å². The van der Waals surface area contributed by atoms with Crippen LogP contribution in [0.15, 0.2) is 65.9 Å². The van der Waals surface area contributed by atoms with E-state index in [1.165, 1.54) is 25.0 Å². The van der Waals surface area contributed by atoms with Crippen LogP contribution in [0.25, 0.3) is 11.2 Å². The molecular formula is C33H31F2N9O9. The number of fused-ring (bicyclic) bond motifs is 1. The van der Waals surface area contributed by atoms with Crippen LogP contribution in [0, 0.1) is 21.7 Å². The average Bonchev–Trinajstić information content (AvgIpc) is 3.60. The van der Waals surface area contributed by atoms with Crippen molar-refractivity contribution in [2.45, 2.75) is 32.4 Å². The number of amides is 2. The number of piperazine rings is 1. The number of carbonyl (C=O) groups is 3. The summed E-state index contributed by atoms with van der Waals surface area (Å²) in [5.74, 6) is -4.21. The number of pyridine rings is 2. The van der Waals surface area contributed by atoms with E-state index < -0.39 is 45.7 Å². The van der Waals surface area contributed by atoms with Crippen molar-refractivity contribution in [2.75, 3.05) is 32.1 Å². The van der Waals surface area contributed by atoms with Gasteiger partial charge >= 0.3 is 11.8 Å². The van der Waals surface area contributed by atoms with E-state index in [1.807, 2.05) is 18.7 Å². The summed E-state index contributed by atoms with van der Waals surface area (Å²) in [5, 5.41) is 22.0. The zero-order valence-electron chi connectivity index (χ0n) is 28.5. The van der Waals surface area contributed by atoms with Gasteiger partial charge in [0.25, 0.3) is 5.91 Å². The van der Waals surface area contributed by atoms with Crippen molar-refractivity contribution in [3.63, 3.8) is 0 Å². The van der Waals surface area contributed by atoms with Crippen LogP contribution in [0.4, 0.5) is 20.4 Å². The highest BCUT2D eigenvalue weighted by Gasteiger charge is 2.40. The Hall–Kier alpha value is -6.70. The maximum Gasteiger partial charge on any atom is 0.405 e. The molecule has 53 heavy (non-hydrogen) atoms. The molecule has 18 nitrogen and oxygen atoms in total. The van der Waals surface area contributed by atoms with Crippen molar-refractivity contribution in [3.05, 3.63) is 94.4 Å². The molecule has 1 aliphatic heterocycles. The second kappa shape index (κ2) is 15.7. The lowest BCUT2D eigenvalue weighted by Gasteiger charge is -2.48. The Balaban J connectivity index is 0.000000326. The Kier molecular flexibility index (Phi) is 11.1. The fourth-order valence-electron chi connectivity index (χ4n) is 5.24. The second-order valence-corrected chi connectivity index (χ2v) is 12.0. The fraction of sp³-hybridized carbons (Fsp3) is 0.273. The summed E-state index contributed by atoms with van der Waals surface area (Å²) in [5.41, 5.74) is 0.654. The monoisotopic (exact) mass is 735 g/mol. The van der Waals surface area contributed by atoms with Crippen LogP contribution in [-0.4, -0.2) is 101 Å². The first-order chi connectivity index (χ1) is 25.2. The van der Waals surface area contributed by atoms with Crippen LogP contribution in [0.2, 0.25) is 0 Å². The molecule has 1 atom stereocenters. The van der Waals surface area contributed by atoms with E-state index in [4.69, 9.17) is 14.3 Å². The Bertz CT molecular complexity index is 2170. The Morgan fingerprint density at radius 1 is 1.02 bits per heavy atom. The molecule has 4 aromatic heterocycles. The van der Waals surface area contributed by atoms with Gasteiger partial charge in [-0.3, -0.25) is 14.5 Å². The molecule has 6 rings (SSSR count). The second-order valence-electron chi connectivity index (χ2n) is 12.0. The lowest BCUT2D eigenvalue weighted by Crippen LogP contribution is -2.63. The number of aromatic nitrogens is 5. The van der Waals surface area contributed by atoms with Gasteiger partial charge in [0.2, 0.25) is 17.5 Å². The number of hydrogen-bond acceptors (Lipinski definition) is 15. The Morgan fingerprint density at radius 2 is 1.77 bits per heavy atom. The summed E-state index contributed by atoms with van der Waals surface area (Å²) in [4.78, 5) is 69.9. The third-order valence-electron chi connectivity index (χ3n) is 7.97. The lowest BCUT2D eigenvalue weighted by atomic mass is 9.96. The molecule has 2 N–H and O–H groups in total. The molecule has 20 heteroatoms. The predicted molar refractivity (Wildman–Crippen MR) is 179 cm³/mol. The summed E-state index contributed by atoms with van der Waals surface area (Å²) in [7, 11) is 1.15. The molecule has 0 bridgehead atoms. The summed E-state index contributed by atoms with van der Waals surface area (Å²) < 4.78 is 41.8. The first-order valence-corrected chi connectivity index (χ1v) is 15.6. The molecule has 5 heterocycles. The Morgan fingerprint density at radius 3 is 2.42 bits per heavy atom. The number of benzene rings is 1. The normalized spacial score (nSPS) is 14.4. The van der Waals surface area contributed by atoms with Gasteiger partial charge in [-0.25, -0.2) is 28.5 Å². The van der Waals surface area contributed by atoms with Crippen LogP contribution in [-0.2, 0) is 9.53 Å². The minimum Gasteiger partial charge on any atom is -0.501 e. The van der Waals surface area contributed by atoms with Crippen LogP contribution in [0.5, 0.6) is 17.4 Å². The Labute approximate surface area is 298 Å². The van der Waals surface area contributed by atoms with Crippen LogP contribution < -0.4 is 10.1 Å². The first kappa shape index (κ1) is 37.6. The summed E-state index contributed by atoms with van der Waals surface area (Å²) >= 11 is 0. The molecule has 0 aliphatic carbocycles. The van der Waals surface area contributed by atoms with E-state index in [0.717, 1.165) is 31.5 Å². The molecule has 0 spiro atoms. The smallest absolute Gasteiger partial charge is 0.405 e. The fourth-order valence-corrected chi connectivity index (χ4v) is 5.24. The van der Waals surface area contributed by atoms with Gasteiger partial charge in [0.1, 0.15) is 11.4 Å². The highest BCUT2D eigenvalue weighted by Crippen LogP contribution is 2.27. The molecule has 1 aliphatic rings. The third-order valence-corrected chi connectivity index (χ3v) is 7.97. The van der Waals surface area contributed by atoms with E-state index in [-0.39, 0.29) is 34.8 Å². The zero-order chi connectivity index (χ0) is 38.4. The number of methoxy groups -OCH3 is 1. The van der Waals surface area contributed by atoms with E-state index in [2.05, 4.69) is 35.0 Å². The molecule has 1 unspecified atom stereocenters. The number of anilines is 1. The highest BCUT2D eigenvalue weighted by molar-refractivity contribution is 5.97. The summed E-state index contributed by atoms with van der Waals surface area (Å²) in [6, 6.07) is 4.93. The van der Waals surface area contributed by atoms with Gasteiger partial charge in [-0.15, -0.1) is 0 Å². The number of esters is 1. The third kappa shape index (κ3) is 8.79. The van der Waals surface area contributed by atoms with Crippen molar-refractivity contribution in [2.24, 2.45) is 0 Å². The number of rotatable bonds is 8. The van der Waals surface area contributed by atoms with Crippen molar-refractivity contribution in [1.29, 1.82) is 0 Å². The number of carbonyl (C=O) groups excluding carboxylic acids is 3. The molecule has 2 amide bonds. The number of oxazole rings is 1. The van der Waals surface area contributed by atoms with Gasteiger partial charge in [0.15, 0.2) is 41.2 Å².